The average Bonchev–Trinajstić information content (AvgIpc) is 2.39. The topological polar surface area (TPSA) is 58.5 Å². The van der Waals surface area contributed by atoms with E-state index in [2.05, 4.69) is 16.9 Å². The Kier molecular flexibility index (Phi) is 4.01. The third kappa shape index (κ3) is 3.10. The molecule has 1 saturated carbocycles. The number of nitrogens with zero attached hydrogens (tertiary/aromatic N) is 1. The van der Waals surface area contributed by atoms with Crippen molar-refractivity contribution in [3.63, 3.8) is 0 Å². The van der Waals surface area contributed by atoms with Gasteiger partial charge >= 0.3 is 0 Å². The second kappa shape index (κ2) is 5.52. The maximum atomic E-state index is 12.0. The van der Waals surface area contributed by atoms with Gasteiger partial charge in [0, 0.05) is 5.71 Å². The smallest absolute Gasteiger partial charge is 0.200 e. The highest BCUT2D eigenvalue weighted by atomic mass is 32.2. The molecule has 0 aliphatic heterocycles. The van der Waals surface area contributed by atoms with E-state index in [9.17, 15) is 8.42 Å². The van der Waals surface area contributed by atoms with Crippen LogP contribution in [0.5, 0.6) is 0 Å². The molecule has 1 aliphatic rings. The molecule has 0 saturated heterocycles. The molecule has 1 fully saturated rings. The molecule has 0 spiro atoms. The van der Waals surface area contributed by atoms with E-state index in [-0.39, 0.29) is 4.90 Å². The van der Waals surface area contributed by atoms with Crippen LogP contribution >= 0.6 is 0 Å². The second-order valence-electron chi connectivity index (χ2n) is 4.66. The molecule has 1 aromatic carbocycles. The Hall–Kier alpha value is -1.36. The fraction of sp³-hybridized carbons (Fsp3) is 0.462. The summed E-state index contributed by atoms with van der Waals surface area (Å²) in [7, 11) is -3.52. The Labute approximate surface area is 108 Å². The van der Waals surface area contributed by atoms with Crippen molar-refractivity contribution in [1.29, 1.82) is 0 Å². The molecule has 0 unspecified atom stereocenters. The molecule has 0 amide bonds. The lowest BCUT2D eigenvalue weighted by atomic mass is 9.89. The summed E-state index contributed by atoms with van der Waals surface area (Å²) >= 11 is 0. The lowest BCUT2D eigenvalue weighted by Crippen LogP contribution is -2.24. The van der Waals surface area contributed by atoms with Crippen LogP contribution < -0.4 is 4.83 Å². The van der Waals surface area contributed by atoms with Gasteiger partial charge in [-0.25, -0.2) is 4.83 Å². The first-order valence-corrected chi connectivity index (χ1v) is 7.71. The molecule has 1 aliphatic carbocycles. The number of rotatable bonds is 3. The van der Waals surface area contributed by atoms with E-state index in [1.807, 2.05) is 0 Å². The molecule has 1 atom stereocenters. The van der Waals surface area contributed by atoms with Crippen molar-refractivity contribution in [2.45, 2.75) is 37.5 Å². The van der Waals surface area contributed by atoms with Gasteiger partial charge in [0.15, 0.2) is 0 Å². The predicted octanol–water partition coefficient (Wildman–Crippen LogP) is 2.53. The van der Waals surface area contributed by atoms with E-state index in [4.69, 9.17) is 0 Å². The SMILES string of the molecule is C[C@H]1CCCC/C1=N/NS(=O)(=O)c1ccccc1. The fourth-order valence-corrected chi connectivity index (χ4v) is 2.97. The van der Waals surface area contributed by atoms with E-state index < -0.39 is 10.0 Å². The Morgan fingerprint density at radius 1 is 1.22 bits per heavy atom. The number of hydrazone groups is 1. The maximum absolute atomic E-state index is 12.0. The van der Waals surface area contributed by atoms with Crippen LogP contribution in [0, 0.1) is 5.92 Å². The average molecular weight is 266 g/mol. The van der Waals surface area contributed by atoms with Crippen molar-refractivity contribution in [2.24, 2.45) is 11.0 Å². The monoisotopic (exact) mass is 266 g/mol. The minimum atomic E-state index is -3.52. The van der Waals surface area contributed by atoms with E-state index in [0.717, 1.165) is 25.0 Å². The summed E-state index contributed by atoms with van der Waals surface area (Å²) in [5.41, 5.74) is 0.959. The van der Waals surface area contributed by atoms with Gasteiger partial charge in [0.25, 0.3) is 10.0 Å². The summed E-state index contributed by atoms with van der Waals surface area (Å²) in [5.74, 6) is 0.372. The number of sulfonamides is 1. The molecule has 0 aromatic heterocycles. The molecule has 1 N–H and O–H groups in total. The van der Waals surface area contributed by atoms with Crippen LogP contribution in [0.4, 0.5) is 0 Å². The van der Waals surface area contributed by atoms with Crippen LogP contribution in [0.15, 0.2) is 40.3 Å². The summed E-state index contributed by atoms with van der Waals surface area (Å²) < 4.78 is 23.9. The molecule has 4 nitrogen and oxygen atoms in total. The van der Waals surface area contributed by atoms with Crippen molar-refractivity contribution in [3.05, 3.63) is 30.3 Å². The molecule has 0 radical (unpaired) electrons. The Bertz CT molecular complexity index is 523. The van der Waals surface area contributed by atoms with Gasteiger partial charge in [0.1, 0.15) is 0 Å². The summed E-state index contributed by atoms with van der Waals surface area (Å²) in [6.07, 6.45) is 4.27. The fourth-order valence-electron chi connectivity index (χ4n) is 2.11. The quantitative estimate of drug-likeness (QED) is 0.855. The first-order valence-electron chi connectivity index (χ1n) is 6.23. The predicted molar refractivity (Wildman–Crippen MR) is 71.8 cm³/mol. The minimum Gasteiger partial charge on any atom is -0.200 e. The van der Waals surface area contributed by atoms with Crippen LogP contribution in [0.3, 0.4) is 0 Å². The standard InChI is InChI=1S/C13H18N2O2S/c1-11-7-5-6-10-13(11)14-15-18(16,17)12-8-3-2-4-9-12/h2-4,8-9,11,15H,5-7,10H2,1H3/b14-13-/t11-/m0/s1. The summed E-state index contributed by atoms with van der Waals surface area (Å²) in [6, 6.07) is 8.31. The molecular weight excluding hydrogens is 248 g/mol. The molecular formula is C13H18N2O2S. The Balaban J connectivity index is 2.12. The second-order valence-corrected chi connectivity index (χ2v) is 6.32. The zero-order valence-corrected chi connectivity index (χ0v) is 11.3. The third-order valence-electron chi connectivity index (χ3n) is 3.25. The van der Waals surface area contributed by atoms with Crippen molar-refractivity contribution in [3.8, 4) is 0 Å². The highest BCUT2D eigenvalue weighted by Crippen LogP contribution is 2.21. The number of nitrogens with one attached hydrogen (secondary N) is 1. The van der Waals surface area contributed by atoms with Gasteiger partial charge in [-0.05, 0) is 37.3 Å². The van der Waals surface area contributed by atoms with E-state index >= 15 is 0 Å². The van der Waals surface area contributed by atoms with Crippen LogP contribution in [0.1, 0.15) is 32.6 Å². The third-order valence-corrected chi connectivity index (χ3v) is 4.48. The molecule has 5 heteroatoms. The van der Waals surface area contributed by atoms with Crippen molar-refractivity contribution in [1.82, 2.24) is 4.83 Å². The van der Waals surface area contributed by atoms with Gasteiger partial charge < -0.3 is 0 Å². The van der Waals surface area contributed by atoms with Crippen molar-refractivity contribution < 1.29 is 8.42 Å². The largest absolute Gasteiger partial charge is 0.276 e. The Morgan fingerprint density at radius 2 is 1.94 bits per heavy atom. The lowest BCUT2D eigenvalue weighted by Gasteiger charge is -2.19. The highest BCUT2D eigenvalue weighted by Gasteiger charge is 2.18. The zero-order valence-electron chi connectivity index (χ0n) is 10.5. The van der Waals surface area contributed by atoms with Crippen LogP contribution in [-0.4, -0.2) is 14.1 Å². The normalized spacial score (nSPS) is 22.9. The Morgan fingerprint density at radius 3 is 2.61 bits per heavy atom. The van der Waals surface area contributed by atoms with Gasteiger partial charge in [-0.15, -0.1) is 0 Å². The minimum absolute atomic E-state index is 0.248. The van der Waals surface area contributed by atoms with Gasteiger partial charge in [-0.2, -0.15) is 13.5 Å². The van der Waals surface area contributed by atoms with Crippen LogP contribution in [0.25, 0.3) is 0 Å². The zero-order chi connectivity index (χ0) is 13.0. The van der Waals surface area contributed by atoms with Gasteiger partial charge in [-0.1, -0.05) is 31.5 Å². The van der Waals surface area contributed by atoms with E-state index in [0.29, 0.717) is 5.92 Å². The van der Waals surface area contributed by atoms with Crippen LogP contribution in [-0.2, 0) is 10.0 Å². The molecule has 2 rings (SSSR count). The molecule has 0 heterocycles. The van der Waals surface area contributed by atoms with Gasteiger partial charge in [-0.3, -0.25) is 0 Å². The van der Waals surface area contributed by atoms with E-state index in [1.54, 1.807) is 30.3 Å². The molecule has 1 aromatic rings. The number of hydrogen-bond acceptors (Lipinski definition) is 3. The van der Waals surface area contributed by atoms with Crippen molar-refractivity contribution in [2.75, 3.05) is 0 Å². The van der Waals surface area contributed by atoms with Gasteiger partial charge in [0.2, 0.25) is 0 Å². The number of benzene rings is 1. The van der Waals surface area contributed by atoms with E-state index in [1.165, 1.54) is 6.42 Å². The summed E-state index contributed by atoms with van der Waals surface area (Å²) in [6.45, 7) is 2.09. The molecule has 18 heavy (non-hydrogen) atoms. The summed E-state index contributed by atoms with van der Waals surface area (Å²) in [5, 5.41) is 4.09. The van der Waals surface area contributed by atoms with Crippen molar-refractivity contribution >= 4 is 15.7 Å². The highest BCUT2D eigenvalue weighted by molar-refractivity contribution is 7.89. The maximum Gasteiger partial charge on any atom is 0.276 e. The molecule has 0 bridgehead atoms. The van der Waals surface area contributed by atoms with Gasteiger partial charge in [0.05, 0.1) is 4.90 Å². The first-order chi connectivity index (χ1) is 8.59. The summed E-state index contributed by atoms with van der Waals surface area (Å²) in [4.78, 5) is 2.58. The number of hydrogen-bond donors (Lipinski definition) is 1. The molecule has 98 valence electrons. The lowest BCUT2D eigenvalue weighted by molar-refractivity contribution is 0.552. The van der Waals surface area contributed by atoms with Crippen LogP contribution in [0.2, 0.25) is 0 Å². The first kappa shape index (κ1) is 13.1.